The molecule has 3 rings (SSSR count). The average molecular weight is 261 g/mol. The molecule has 1 fully saturated rings. The van der Waals surface area contributed by atoms with Gasteiger partial charge in [-0.05, 0) is 18.2 Å². The van der Waals surface area contributed by atoms with Crippen LogP contribution in [0.2, 0.25) is 0 Å². The molecule has 0 atom stereocenters. The third-order valence-electron chi connectivity index (χ3n) is 3.31. The molecule has 0 spiro atoms. The van der Waals surface area contributed by atoms with Gasteiger partial charge in [0.25, 0.3) is 0 Å². The summed E-state index contributed by atoms with van der Waals surface area (Å²) >= 11 is 0. The van der Waals surface area contributed by atoms with Crippen LogP contribution in [-0.4, -0.2) is 31.2 Å². The lowest BCUT2D eigenvalue weighted by atomic mass is 10.1. The van der Waals surface area contributed by atoms with E-state index in [1.54, 1.807) is 19.2 Å². The van der Waals surface area contributed by atoms with Crippen LogP contribution >= 0.6 is 0 Å². The van der Waals surface area contributed by atoms with E-state index in [1.165, 1.54) is 6.07 Å². The minimum absolute atomic E-state index is 0.193. The van der Waals surface area contributed by atoms with Gasteiger partial charge in [0.15, 0.2) is 11.7 Å². The minimum Gasteiger partial charge on any atom is -0.441 e. The summed E-state index contributed by atoms with van der Waals surface area (Å²) in [5.74, 6) is 1.10. The van der Waals surface area contributed by atoms with Crippen LogP contribution in [0.4, 0.5) is 10.1 Å². The van der Waals surface area contributed by atoms with Crippen molar-refractivity contribution in [3.63, 3.8) is 0 Å². The van der Waals surface area contributed by atoms with Crippen LogP contribution in [0.1, 0.15) is 5.89 Å². The summed E-state index contributed by atoms with van der Waals surface area (Å²) in [6.07, 6.45) is 1.67. The number of nitrogens with zero attached hydrogens (tertiary/aromatic N) is 2. The molecule has 1 N–H and O–H groups in total. The largest absolute Gasteiger partial charge is 0.441 e. The maximum absolute atomic E-state index is 14.0. The van der Waals surface area contributed by atoms with Crippen molar-refractivity contribution in [2.24, 2.45) is 0 Å². The Morgan fingerprint density at radius 3 is 2.79 bits per heavy atom. The number of anilines is 1. The normalized spacial score (nSPS) is 15.8. The van der Waals surface area contributed by atoms with Gasteiger partial charge in [-0.1, -0.05) is 0 Å². The third-order valence-corrected chi connectivity index (χ3v) is 3.31. The number of aryl methyl sites for hydroxylation is 1. The Kier molecular flexibility index (Phi) is 3.21. The van der Waals surface area contributed by atoms with Crippen LogP contribution in [0, 0.1) is 12.7 Å². The molecule has 5 heteroatoms. The fraction of sp³-hybridized carbons (Fsp3) is 0.357. The van der Waals surface area contributed by atoms with Crippen molar-refractivity contribution in [3.8, 4) is 11.3 Å². The number of benzene rings is 1. The molecular formula is C14H16FN3O. The zero-order valence-electron chi connectivity index (χ0n) is 10.8. The van der Waals surface area contributed by atoms with E-state index in [2.05, 4.69) is 15.2 Å². The number of oxazole rings is 1. The number of nitrogens with one attached hydrogen (secondary N) is 1. The summed E-state index contributed by atoms with van der Waals surface area (Å²) < 4.78 is 19.5. The summed E-state index contributed by atoms with van der Waals surface area (Å²) in [4.78, 5) is 6.13. The highest BCUT2D eigenvalue weighted by atomic mass is 19.1. The Morgan fingerprint density at radius 2 is 2.11 bits per heavy atom. The number of halogens is 1. The second-order valence-electron chi connectivity index (χ2n) is 4.65. The molecule has 0 saturated carbocycles. The Labute approximate surface area is 111 Å². The van der Waals surface area contributed by atoms with E-state index < -0.39 is 0 Å². The van der Waals surface area contributed by atoms with Gasteiger partial charge in [-0.15, -0.1) is 0 Å². The first-order chi connectivity index (χ1) is 9.24. The molecule has 2 heterocycles. The molecule has 0 aliphatic carbocycles. The molecule has 1 aromatic heterocycles. The zero-order valence-corrected chi connectivity index (χ0v) is 10.8. The SMILES string of the molecule is Cc1ncc(-c2ccc(F)c(N3CCNCC3)c2)o1. The van der Waals surface area contributed by atoms with E-state index in [4.69, 9.17) is 4.42 Å². The standard InChI is InChI=1S/C14H16FN3O/c1-10-17-9-14(19-10)11-2-3-12(15)13(8-11)18-6-4-16-5-7-18/h2-3,8-9,16H,4-7H2,1H3. The number of rotatable bonds is 2. The first-order valence-corrected chi connectivity index (χ1v) is 6.42. The summed E-state index contributed by atoms with van der Waals surface area (Å²) in [5.41, 5.74) is 1.49. The predicted octanol–water partition coefficient (Wildman–Crippen LogP) is 2.20. The molecule has 100 valence electrons. The lowest BCUT2D eigenvalue weighted by Crippen LogP contribution is -2.43. The van der Waals surface area contributed by atoms with Crippen molar-refractivity contribution in [1.82, 2.24) is 10.3 Å². The molecule has 19 heavy (non-hydrogen) atoms. The highest BCUT2D eigenvalue weighted by Gasteiger charge is 2.16. The summed E-state index contributed by atoms with van der Waals surface area (Å²) in [6, 6.07) is 5.05. The van der Waals surface area contributed by atoms with Crippen LogP contribution < -0.4 is 10.2 Å². The van der Waals surface area contributed by atoms with Crippen LogP contribution in [0.25, 0.3) is 11.3 Å². The van der Waals surface area contributed by atoms with Gasteiger partial charge in [-0.2, -0.15) is 0 Å². The molecule has 1 aliphatic heterocycles. The summed E-state index contributed by atoms with van der Waals surface area (Å²) in [6.45, 7) is 5.19. The monoisotopic (exact) mass is 261 g/mol. The van der Waals surface area contributed by atoms with Crippen molar-refractivity contribution in [1.29, 1.82) is 0 Å². The molecule has 0 amide bonds. The van der Waals surface area contributed by atoms with E-state index in [-0.39, 0.29) is 5.82 Å². The van der Waals surface area contributed by atoms with Crippen LogP contribution in [-0.2, 0) is 0 Å². The molecule has 4 nitrogen and oxygen atoms in total. The lowest BCUT2D eigenvalue weighted by Gasteiger charge is -2.29. The molecular weight excluding hydrogens is 245 g/mol. The van der Waals surface area contributed by atoms with Gasteiger partial charge in [0.2, 0.25) is 0 Å². The lowest BCUT2D eigenvalue weighted by molar-refractivity contribution is 0.534. The van der Waals surface area contributed by atoms with Gasteiger partial charge in [0.05, 0.1) is 11.9 Å². The molecule has 1 aromatic carbocycles. The van der Waals surface area contributed by atoms with Gasteiger partial charge < -0.3 is 14.6 Å². The molecule has 0 bridgehead atoms. The van der Waals surface area contributed by atoms with Crippen LogP contribution in [0.15, 0.2) is 28.8 Å². The topological polar surface area (TPSA) is 41.3 Å². The van der Waals surface area contributed by atoms with E-state index in [9.17, 15) is 4.39 Å². The van der Waals surface area contributed by atoms with Crippen LogP contribution in [0.3, 0.4) is 0 Å². The number of hydrogen-bond donors (Lipinski definition) is 1. The number of aromatic nitrogens is 1. The number of piperazine rings is 1. The molecule has 2 aromatic rings. The van der Waals surface area contributed by atoms with Crippen molar-refractivity contribution >= 4 is 5.69 Å². The zero-order chi connectivity index (χ0) is 13.2. The van der Waals surface area contributed by atoms with Crippen molar-refractivity contribution in [2.45, 2.75) is 6.92 Å². The predicted molar refractivity (Wildman–Crippen MR) is 71.7 cm³/mol. The third kappa shape index (κ3) is 2.46. The molecule has 1 saturated heterocycles. The smallest absolute Gasteiger partial charge is 0.191 e. The van der Waals surface area contributed by atoms with Gasteiger partial charge in [-0.3, -0.25) is 0 Å². The Hall–Kier alpha value is -1.88. The molecule has 0 unspecified atom stereocenters. The highest BCUT2D eigenvalue weighted by Crippen LogP contribution is 2.28. The minimum atomic E-state index is -0.193. The Balaban J connectivity index is 1.95. The Bertz CT molecular complexity index is 576. The van der Waals surface area contributed by atoms with E-state index in [1.807, 2.05) is 6.07 Å². The maximum atomic E-state index is 14.0. The highest BCUT2D eigenvalue weighted by molar-refractivity contribution is 5.64. The fourth-order valence-corrected chi connectivity index (χ4v) is 2.31. The quantitative estimate of drug-likeness (QED) is 0.899. The maximum Gasteiger partial charge on any atom is 0.191 e. The molecule has 0 radical (unpaired) electrons. The molecule has 1 aliphatic rings. The Morgan fingerprint density at radius 1 is 1.32 bits per heavy atom. The summed E-state index contributed by atoms with van der Waals surface area (Å²) in [5, 5.41) is 3.26. The second kappa shape index (κ2) is 5.01. The van der Waals surface area contributed by atoms with Crippen molar-refractivity contribution < 1.29 is 8.81 Å². The first-order valence-electron chi connectivity index (χ1n) is 6.42. The second-order valence-corrected chi connectivity index (χ2v) is 4.65. The van der Waals surface area contributed by atoms with E-state index in [0.717, 1.165) is 31.7 Å². The fourth-order valence-electron chi connectivity index (χ4n) is 2.31. The summed E-state index contributed by atoms with van der Waals surface area (Å²) in [7, 11) is 0. The van der Waals surface area contributed by atoms with E-state index in [0.29, 0.717) is 17.3 Å². The van der Waals surface area contributed by atoms with Gasteiger partial charge in [0.1, 0.15) is 5.82 Å². The van der Waals surface area contributed by atoms with E-state index >= 15 is 0 Å². The first kappa shape index (κ1) is 12.2. The van der Waals surface area contributed by atoms with Crippen LogP contribution in [0.5, 0.6) is 0 Å². The average Bonchev–Trinajstić information content (AvgIpc) is 2.87. The van der Waals surface area contributed by atoms with Gasteiger partial charge in [-0.25, -0.2) is 9.37 Å². The van der Waals surface area contributed by atoms with Gasteiger partial charge >= 0.3 is 0 Å². The van der Waals surface area contributed by atoms with Gasteiger partial charge in [0, 0.05) is 38.7 Å². The number of hydrogen-bond acceptors (Lipinski definition) is 4. The van der Waals surface area contributed by atoms with Crippen molar-refractivity contribution in [2.75, 3.05) is 31.1 Å². The van der Waals surface area contributed by atoms with Crippen molar-refractivity contribution in [3.05, 3.63) is 36.1 Å².